The van der Waals surface area contributed by atoms with Gasteiger partial charge in [-0.25, -0.2) is 19.9 Å². The second kappa shape index (κ2) is 13.5. The summed E-state index contributed by atoms with van der Waals surface area (Å²) in [7, 11) is 0. The molecule has 0 radical (unpaired) electrons. The number of nitrogens with zero attached hydrogens (tertiary/aromatic N) is 10. The fourth-order valence-electron chi connectivity index (χ4n) is 5.67. The molecule has 6 heterocycles. The minimum absolute atomic E-state index is 0.0382. The molecule has 6 aromatic heterocycles. The van der Waals surface area contributed by atoms with Crippen LogP contribution in [0.3, 0.4) is 0 Å². The summed E-state index contributed by atoms with van der Waals surface area (Å²) >= 11 is 0. The normalized spacial score (nSPS) is 11.6. The Balaban J connectivity index is 1.32. The molecule has 0 aliphatic rings. The van der Waals surface area contributed by atoms with Crippen molar-refractivity contribution in [3.05, 3.63) is 88.5 Å². The number of ketones is 1. The zero-order valence-corrected chi connectivity index (χ0v) is 27.9. The molecular formula is C33H35N13O4. The number of anilines is 1. The molecule has 0 atom stereocenters. The molecule has 0 aliphatic carbocycles. The summed E-state index contributed by atoms with van der Waals surface area (Å²) in [5, 5.41) is 11.6. The van der Waals surface area contributed by atoms with Crippen molar-refractivity contribution in [2.24, 2.45) is 11.5 Å². The predicted octanol–water partition coefficient (Wildman–Crippen LogP) is 2.36. The molecule has 6 rings (SSSR count). The summed E-state index contributed by atoms with van der Waals surface area (Å²) in [4.78, 5) is 68.6. The van der Waals surface area contributed by atoms with E-state index in [-0.39, 0.29) is 42.4 Å². The number of nitrogens with two attached hydrogens (primary N) is 2. The SMILES string of the molecule is CCn1nc(C)cc1C(=O)Cc1nc2cc(C(N)=O)cnc2n1C/C=C/Cn1c(NC(=O)c2cc(C)nn2CC)nc2cc(C(N)=O)cnc21. The molecule has 0 fully saturated rings. The van der Waals surface area contributed by atoms with Gasteiger partial charge in [-0.05, 0) is 52.0 Å². The van der Waals surface area contributed by atoms with Crippen molar-refractivity contribution in [3.8, 4) is 0 Å². The lowest BCUT2D eigenvalue weighted by Crippen LogP contribution is -2.20. The van der Waals surface area contributed by atoms with Crippen LogP contribution in [0.1, 0.15) is 72.8 Å². The van der Waals surface area contributed by atoms with Gasteiger partial charge in [0.15, 0.2) is 17.1 Å². The monoisotopic (exact) mass is 677 g/mol. The maximum atomic E-state index is 13.4. The van der Waals surface area contributed by atoms with E-state index in [1.807, 2.05) is 32.9 Å². The smallest absolute Gasteiger partial charge is 0.276 e. The molecule has 0 saturated carbocycles. The van der Waals surface area contributed by atoms with Crippen molar-refractivity contribution in [1.29, 1.82) is 0 Å². The largest absolute Gasteiger partial charge is 0.366 e. The highest BCUT2D eigenvalue weighted by Crippen LogP contribution is 2.22. The quantitative estimate of drug-likeness (QED) is 0.119. The number of Topliss-reactive ketones (excluding diaryl/α,β-unsaturated/α-hetero) is 1. The lowest BCUT2D eigenvalue weighted by atomic mass is 10.2. The Hall–Kier alpha value is -6.52. The third-order valence-electron chi connectivity index (χ3n) is 8.03. The van der Waals surface area contributed by atoms with Crippen molar-refractivity contribution < 1.29 is 19.2 Å². The molecule has 0 unspecified atom stereocenters. The standard InChI is InChI=1S/C33H35N13O4/c1-5-45-24(11-18(3)41-45)26(47)15-27-38-22-13-20(28(34)48)16-36-30(22)43(27)9-7-8-10-44-31-23(14-21(17-37-31)29(35)49)39-33(44)40-32(50)25-12-19(4)42-46(25)6-2/h7-8,11-14,16-17H,5-6,9-10,15H2,1-4H3,(H2,34,48)(H2,35,49)(H,39,40,50)/b8-7+. The summed E-state index contributed by atoms with van der Waals surface area (Å²) in [6.07, 6.45) is 6.38. The highest BCUT2D eigenvalue weighted by atomic mass is 16.2. The first kappa shape index (κ1) is 33.4. The van der Waals surface area contributed by atoms with Gasteiger partial charge >= 0.3 is 0 Å². The summed E-state index contributed by atoms with van der Waals surface area (Å²) in [5.41, 5.74) is 15.2. The zero-order valence-electron chi connectivity index (χ0n) is 27.9. The number of hydrogen-bond acceptors (Lipinski definition) is 10. The number of fused-ring (bicyclic) bond motifs is 2. The molecule has 17 heteroatoms. The average molecular weight is 678 g/mol. The van der Waals surface area contributed by atoms with E-state index >= 15 is 0 Å². The molecule has 50 heavy (non-hydrogen) atoms. The lowest BCUT2D eigenvalue weighted by Gasteiger charge is -2.09. The van der Waals surface area contributed by atoms with Crippen LogP contribution in [0.25, 0.3) is 22.3 Å². The minimum Gasteiger partial charge on any atom is -0.366 e. The number of carbonyl (C=O) groups excluding carboxylic acids is 4. The Morgan fingerprint density at radius 1 is 0.740 bits per heavy atom. The van der Waals surface area contributed by atoms with E-state index in [1.54, 1.807) is 43.6 Å². The first-order valence-electron chi connectivity index (χ1n) is 15.9. The van der Waals surface area contributed by atoms with Crippen LogP contribution in [0.15, 0.2) is 48.8 Å². The molecule has 0 aromatic carbocycles. The predicted molar refractivity (Wildman–Crippen MR) is 182 cm³/mol. The van der Waals surface area contributed by atoms with Crippen LogP contribution in [0, 0.1) is 13.8 Å². The van der Waals surface area contributed by atoms with Crippen LogP contribution in [-0.4, -0.2) is 72.1 Å². The van der Waals surface area contributed by atoms with Crippen molar-refractivity contribution in [3.63, 3.8) is 0 Å². The van der Waals surface area contributed by atoms with E-state index < -0.39 is 17.7 Å². The topological polar surface area (TPSA) is 229 Å². The number of amides is 3. The summed E-state index contributed by atoms with van der Waals surface area (Å²) < 4.78 is 6.72. The molecule has 6 aromatic rings. The van der Waals surface area contributed by atoms with Gasteiger partial charge in [-0.1, -0.05) is 12.2 Å². The molecule has 3 amide bonds. The fourth-order valence-corrected chi connectivity index (χ4v) is 5.67. The van der Waals surface area contributed by atoms with Crippen molar-refractivity contribution in [2.45, 2.75) is 60.3 Å². The van der Waals surface area contributed by atoms with E-state index in [0.29, 0.717) is 58.3 Å². The molecule has 17 nitrogen and oxygen atoms in total. The van der Waals surface area contributed by atoms with E-state index in [9.17, 15) is 19.2 Å². The van der Waals surface area contributed by atoms with Gasteiger partial charge < -0.3 is 16.0 Å². The third kappa shape index (κ3) is 6.47. The molecule has 5 N–H and O–H groups in total. The number of nitrogens with one attached hydrogen (secondary N) is 1. The summed E-state index contributed by atoms with van der Waals surface area (Å²) in [5.74, 6) is -1.25. The number of aromatic nitrogens is 10. The Bertz CT molecular complexity index is 2180. The second-order valence-electron chi connectivity index (χ2n) is 11.5. The summed E-state index contributed by atoms with van der Waals surface area (Å²) in [6, 6.07) is 6.49. The van der Waals surface area contributed by atoms with Crippen LogP contribution in [0.2, 0.25) is 0 Å². The number of allylic oxidation sites excluding steroid dienone is 2. The van der Waals surface area contributed by atoms with E-state index in [2.05, 4.69) is 35.5 Å². The van der Waals surface area contributed by atoms with Crippen LogP contribution in [-0.2, 0) is 32.6 Å². The molecule has 0 aliphatic heterocycles. The van der Waals surface area contributed by atoms with E-state index in [1.165, 1.54) is 18.5 Å². The van der Waals surface area contributed by atoms with Gasteiger partial charge in [-0.2, -0.15) is 10.2 Å². The number of imidazole rings is 2. The highest BCUT2D eigenvalue weighted by molar-refractivity contribution is 6.03. The second-order valence-corrected chi connectivity index (χ2v) is 11.5. The van der Waals surface area contributed by atoms with Gasteiger partial charge in [0.05, 0.1) is 28.9 Å². The van der Waals surface area contributed by atoms with Crippen molar-refractivity contribution >= 4 is 51.8 Å². The number of rotatable bonds is 13. The van der Waals surface area contributed by atoms with Crippen LogP contribution in [0.5, 0.6) is 0 Å². The van der Waals surface area contributed by atoms with Crippen LogP contribution < -0.4 is 16.8 Å². The zero-order chi connectivity index (χ0) is 35.7. The van der Waals surface area contributed by atoms with E-state index in [4.69, 9.17) is 11.5 Å². The van der Waals surface area contributed by atoms with Gasteiger partial charge in [0.1, 0.15) is 28.2 Å². The summed E-state index contributed by atoms with van der Waals surface area (Å²) in [6.45, 7) is 8.93. The number of aryl methyl sites for hydroxylation is 4. The van der Waals surface area contributed by atoms with Crippen LogP contribution >= 0.6 is 0 Å². The minimum atomic E-state index is -0.658. The fraction of sp³-hybridized carbons (Fsp3) is 0.273. The Kier molecular flexibility index (Phi) is 9.04. The van der Waals surface area contributed by atoms with Gasteiger partial charge in [0.25, 0.3) is 5.91 Å². The van der Waals surface area contributed by atoms with Crippen LogP contribution in [0.4, 0.5) is 5.95 Å². The number of pyridine rings is 2. The molecular weight excluding hydrogens is 642 g/mol. The molecule has 256 valence electrons. The highest BCUT2D eigenvalue weighted by Gasteiger charge is 2.21. The van der Waals surface area contributed by atoms with Gasteiger partial charge in [0, 0.05) is 38.6 Å². The Morgan fingerprint density at radius 3 is 1.84 bits per heavy atom. The molecule has 0 saturated heterocycles. The number of primary amides is 2. The van der Waals surface area contributed by atoms with Gasteiger partial charge in [-0.3, -0.25) is 38.4 Å². The molecule has 0 spiro atoms. The maximum Gasteiger partial charge on any atom is 0.276 e. The van der Waals surface area contributed by atoms with E-state index in [0.717, 1.165) is 5.69 Å². The average Bonchev–Trinajstić information content (AvgIpc) is 3.84. The van der Waals surface area contributed by atoms with Crippen molar-refractivity contribution in [1.82, 2.24) is 48.6 Å². The third-order valence-corrected chi connectivity index (χ3v) is 8.03. The Morgan fingerprint density at radius 2 is 1.26 bits per heavy atom. The lowest BCUT2D eigenvalue weighted by molar-refractivity contribution is 0.0975. The molecule has 0 bridgehead atoms. The Labute approximate surface area is 285 Å². The number of carbonyl (C=O) groups is 4. The first-order chi connectivity index (χ1) is 24.0. The first-order valence-corrected chi connectivity index (χ1v) is 15.9. The van der Waals surface area contributed by atoms with Gasteiger partial charge in [0.2, 0.25) is 17.8 Å². The number of hydrogen-bond donors (Lipinski definition) is 3. The maximum absolute atomic E-state index is 13.4. The van der Waals surface area contributed by atoms with Crippen molar-refractivity contribution in [2.75, 3.05) is 5.32 Å². The van der Waals surface area contributed by atoms with Gasteiger partial charge in [-0.15, -0.1) is 0 Å².